The van der Waals surface area contributed by atoms with Gasteiger partial charge < -0.3 is 14.8 Å². The predicted octanol–water partition coefficient (Wildman–Crippen LogP) is 0.372. The van der Waals surface area contributed by atoms with Crippen LogP contribution in [0.4, 0.5) is 0 Å². The fourth-order valence-corrected chi connectivity index (χ4v) is 1.80. The molecular weight excluding hydrogens is 206 g/mol. The number of rotatable bonds is 5. The van der Waals surface area contributed by atoms with Gasteiger partial charge in [-0.05, 0) is 6.07 Å². The first kappa shape index (κ1) is 11.4. The van der Waals surface area contributed by atoms with Gasteiger partial charge in [0.15, 0.2) is 0 Å². The first-order valence-corrected chi connectivity index (χ1v) is 5.43. The molecule has 1 N–H and O–H groups in total. The molecule has 0 spiro atoms. The third-order valence-corrected chi connectivity index (χ3v) is 2.90. The molecule has 16 heavy (non-hydrogen) atoms. The second-order valence-electron chi connectivity index (χ2n) is 3.99. The number of ether oxygens (including phenoxy) is 2. The summed E-state index contributed by atoms with van der Waals surface area (Å²) in [5, 5.41) is 3.34. The van der Waals surface area contributed by atoms with Gasteiger partial charge in [-0.1, -0.05) is 0 Å². The van der Waals surface area contributed by atoms with Gasteiger partial charge in [-0.3, -0.25) is 0 Å². The van der Waals surface area contributed by atoms with E-state index in [2.05, 4.69) is 15.3 Å². The largest absolute Gasteiger partial charge is 0.378 e. The number of nitrogens with zero attached hydrogens (tertiary/aromatic N) is 2. The van der Waals surface area contributed by atoms with Gasteiger partial charge in [-0.15, -0.1) is 0 Å². The SMILES string of the molecule is COC1(CNCc2ccncn2)CCOC1. The normalized spacial score (nSPS) is 24.8. The minimum Gasteiger partial charge on any atom is -0.378 e. The van der Waals surface area contributed by atoms with Crippen molar-refractivity contribution in [1.82, 2.24) is 15.3 Å². The van der Waals surface area contributed by atoms with Crippen LogP contribution in [0.3, 0.4) is 0 Å². The first-order valence-electron chi connectivity index (χ1n) is 5.43. The van der Waals surface area contributed by atoms with E-state index in [-0.39, 0.29) is 5.60 Å². The summed E-state index contributed by atoms with van der Waals surface area (Å²) < 4.78 is 10.9. The lowest BCUT2D eigenvalue weighted by Gasteiger charge is -2.25. The van der Waals surface area contributed by atoms with Gasteiger partial charge in [-0.2, -0.15) is 0 Å². The molecule has 0 saturated carbocycles. The molecule has 1 aromatic rings. The smallest absolute Gasteiger partial charge is 0.115 e. The monoisotopic (exact) mass is 223 g/mol. The minimum atomic E-state index is -0.160. The number of methoxy groups -OCH3 is 1. The zero-order valence-electron chi connectivity index (χ0n) is 9.48. The van der Waals surface area contributed by atoms with Crippen molar-refractivity contribution in [3.05, 3.63) is 24.3 Å². The molecule has 0 aliphatic carbocycles. The van der Waals surface area contributed by atoms with Crippen molar-refractivity contribution in [2.75, 3.05) is 26.9 Å². The molecule has 0 radical (unpaired) electrons. The van der Waals surface area contributed by atoms with Crippen LogP contribution >= 0.6 is 0 Å². The van der Waals surface area contributed by atoms with E-state index in [0.29, 0.717) is 6.61 Å². The Labute approximate surface area is 95.2 Å². The zero-order chi connectivity index (χ0) is 11.3. The highest BCUT2D eigenvalue weighted by atomic mass is 16.5. The molecule has 88 valence electrons. The molecule has 1 atom stereocenters. The van der Waals surface area contributed by atoms with Crippen LogP contribution in [0.5, 0.6) is 0 Å². The summed E-state index contributed by atoms with van der Waals surface area (Å²) in [7, 11) is 1.74. The molecule has 1 unspecified atom stereocenters. The van der Waals surface area contributed by atoms with Crippen molar-refractivity contribution in [3.8, 4) is 0 Å². The second-order valence-corrected chi connectivity index (χ2v) is 3.99. The Bertz CT molecular complexity index is 312. The molecule has 0 bridgehead atoms. The molecule has 1 aromatic heterocycles. The Hall–Kier alpha value is -1.04. The summed E-state index contributed by atoms with van der Waals surface area (Å²) in [6.07, 6.45) is 4.25. The van der Waals surface area contributed by atoms with Crippen LogP contribution in [-0.2, 0) is 16.0 Å². The third kappa shape index (κ3) is 2.75. The lowest BCUT2D eigenvalue weighted by atomic mass is 10.0. The summed E-state index contributed by atoms with van der Waals surface area (Å²) in [6.45, 7) is 2.96. The van der Waals surface area contributed by atoms with E-state index < -0.39 is 0 Å². The molecule has 1 saturated heterocycles. The van der Waals surface area contributed by atoms with Crippen molar-refractivity contribution in [1.29, 1.82) is 0 Å². The van der Waals surface area contributed by atoms with E-state index in [9.17, 15) is 0 Å². The number of hydrogen-bond acceptors (Lipinski definition) is 5. The minimum absolute atomic E-state index is 0.160. The van der Waals surface area contributed by atoms with Crippen LogP contribution in [-0.4, -0.2) is 42.4 Å². The van der Waals surface area contributed by atoms with Gasteiger partial charge in [-0.25, -0.2) is 9.97 Å². The van der Waals surface area contributed by atoms with Gasteiger partial charge >= 0.3 is 0 Å². The number of nitrogens with one attached hydrogen (secondary N) is 1. The van der Waals surface area contributed by atoms with Crippen molar-refractivity contribution in [2.24, 2.45) is 0 Å². The maximum Gasteiger partial charge on any atom is 0.115 e. The zero-order valence-corrected chi connectivity index (χ0v) is 9.48. The van der Waals surface area contributed by atoms with E-state index >= 15 is 0 Å². The summed E-state index contributed by atoms with van der Waals surface area (Å²) in [5.41, 5.74) is 0.827. The quantitative estimate of drug-likeness (QED) is 0.781. The predicted molar refractivity (Wildman–Crippen MR) is 58.9 cm³/mol. The van der Waals surface area contributed by atoms with Crippen LogP contribution in [0.25, 0.3) is 0 Å². The third-order valence-electron chi connectivity index (χ3n) is 2.90. The topological polar surface area (TPSA) is 56.3 Å². The summed E-state index contributed by atoms with van der Waals surface area (Å²) >= 11 is 0. The highest BCUT2D eigenvalue weighted by Crippen LogP contribution is 2.21. The van der Waals surface area contributed by atoms with Crippen molar-refractivity contribution >= 4 is 0 Å². The molecule has 2 heterocycles. The maximum absolute atomic E-state index is 5.52. The molecule has 0 aromatic carbocycles. The van der Waals surface area contributed by atoms with Crippen LogP contribution in [0.2, 0.25) is 0 Å². The molecule has 1 aliphatic rings. The van der Waals surface area contributed by atoms with E-state index in [1.807, 2.05) is 6.07 Å². The molecule has 5 heteroatoms. The molecule has 0 amide bonds. The van der Waals surface area contributed by atoms with Crippen molar-refractivity contribution < 1.29 is 9.47 Å². The average molecular weight is 223 g/mol. The van der Waals surface area contributed by atoms with Crippen LogP contribution in [0.1, 0.15) is 12.1 Å². The van der Waals surface area contributed by atoms with Gasteiger partial charge in [0.25, 0.3) is 0 Å². The second kappa shape index (κ2) is 5.34. The van der Waals surface area contributed by atoms with Gasteiger partial charge in [0.1, 0.15) is 11.9 Å². The van der Waals surface area contributed by atoms with E-state index in [0.717, 1.165) is 31.8 Å². The van der Waals surface area contributed by atoms with Gasteiger partial charge in [0, 0.05) is 39.4 Å². The van der Waals surface area contributed by atoms with E-state index in [1.54, 1.807) is 19.6 Å². The summed E-state index contributed by atoms with van der Waals surface area (Å²) in [4.78, 5) is 8.02. The van der Waals surface area contributed by atoms with Crippen LogP contribution < -0.4 is 5.32 Å². The molecule has 5 nitrogen and oxygen atoms in total. The fraction of sp³-hybridized carbons (Fsp3) is 0.636. The maximum atomic E-state index is 5.52. The summed E-state index contributed by atoms with van der Waals surface area (Å²) in [5.74, 6) is 0. The first-order chi connectivity index (χ1) is 7.85. The van der Waals surface area contributed by atoms with Crippen LogP contribution in [0, 0.1) is 0 Å². The molecular formula is C11H17N3O2. The van der Waals surface area contributed by atoms with Gasteiger partial charge in [0.05, 0.1) is 12.3 Å². The van der Waals surface area contributed by atoms with Crippen molar-refractivity contribution in [3.63, 3.8) is 0 Å². The Morgan fingerprint density at radius 3 is 3.19 bits per heavy atom. The lowest BCUT2D eigenvalue weighted by molar-refractivity contribution is -0.0159. The molecule has 2 rings (SSSR count). The molecule has 1 fully saturated rings. The van der Waals surface area contributed by atoms with Crippen LogP contribution in [0.15, 0.2) is 18.6 Å². The lowest BCUT2D eigenvalue weighted by Crippen LogP contribution is -2.42. The summed E-state index contributed by atoms with van der Waals surface area (Å²) in [6, 6.07) is 1.90. The average Bonchev–Trinajstić information content (AvgIpc) is 2.80. The fourth-order valence-electron chi connectivity index (χ4n) is 1.80. The van der Waals surface area contributed by atoms with E-state index in [1.165, 1.54) is 0 Å². The standard InChI is InChI=1S/C11H17N3O2/c1-15-11(3-5-16-8-11)7-13-6-10-2-4-12-9-14-10/h2,4,9,13H,3,5-8H2,1H3. The van der Waals surface area contributed by atoms with E-state index in [4.69, 9.17) is 9.47 Å². The highest BCUT2D eigenvalue weighted by molar-refractivity contribution is 4.97. The number of hydrogen-bond donors (Lipinski definition) is 1. The Morgan fingerprint density at radius 2 is 2.56 bits per heavy atom. The number of aromatic nitrogens is 2. The Morgan fingerprint density at radius 1 is 1.62 bits per heavy atom. The Kier molecular flexibility index (Phi) is 3.82. The highest BCUT2D eigenvalue weighted by Gasteiger charge is 2.34. The van der Waals surface area contributed by atoms with Gasteiger partial charge in [0.2, 0.25) is 0 Å². The Balaban J connectivity index is 1.79. The van der Waals surface area contributed by atoms with Crippen molar-refractivity contribution in [2.45, 2.75) is 18.6 Å². The molecule has 1 aliphatic heterocycles.